The van der Waals surface area contributed by atoms with Gasteiger partial charge in [0.2, 0.25) is 0 Å². The predicted molar refractivity (Wildman–Crippen MR) is 140 cm³/mol. The molecule has 1 fully saturated rings. The minimum absolute atomic E-state index is 0. The van der Waals surface area contributed by atoms with Crippen LogP contribution in [0.4, 0.5) is 5.82 Å². The van der Waals surface area contributed by atoms with Crippen LogP contribution >= 0.6 is 27.5 Å². The van der Waals surface area contributed by atoms with Crippen molar-refractivity contribution in [1.29, 1.82) is 0 Å². The molecule has 2 N–H and O–H groups in total. The molecule has 1 atom stereocenters. The van der Waals surface area contributed by atoms with Crippen LogP contribution in [0, 0.1) is 6.92 Å². The maximum Gasteiger partial charge on any atom is 1.00 e. The van der Waals surface area contributed by atoms with Gasteiger partial charge in [0.05, 0.1) is 11.1 Å². The summed E-state index contributed by atoms with van der Waals surface area (Å²) in [5, 5.41) is 13.6. The number of fused-ring (bicyclic) bond motifs is 1. The van der Waals surface area contributed by atoms with Crippen LogP contribution in [0.2, 0.25) is 5.02 Å². The van der Waals surface area contributed by atoms with Crippen molar-refractivity contribution in [3.8, 4) is 0 Å². The van der Waals surface area contributed by atoms with Crippen LogP contribution in [0.1, 0.15) is 54.5 Å². The van der Waals surface area contributed by atoms with Gasteiger partial charge in [-0.15, -0.1) is 0 Å². The van der Waals surface area contributed by atoms with Gasteiger partial charge in [-0.3, -0.25) is 9.59 Å². The Balaban J connectivity index is 0.00000228. The maximum absolute atomic E-state index is 13.6. The number of benzene rings is 2. The Hall–Kier alpha value is -1.00. The quantitative estimate of drug-likeness (QED) is 0.398. The number of pyridine rings is 1. The molecule has 1 unspecified atom stereocenters. The number of rotatable bonds is 8. The molecule has 4 rings (SSSR count). The number of carbonyl (C=O) groups is 2. The Labute approximate surface area is 262 Å². The van der Waals surface area contributed by atoms with Crippen molar-refractivity contribution in [2.24, 2.45) is 0 Å². The fourth-order valence-corrected chi connectivity index (χ4v) is 5.27. The van der Waals surface area contributed by atoms with E-state index in [0.29, 0.717) is 17.0 Å². The van der Waals surface area contributed by atoms with E-state index in [1.165, 1.54) is 0 Å². The van der Waals surface area contributed by atoms with Crippen molar-refractivity contribution in [2.45, 2.75) is 38.5 Å². The zero-order valence-corrected chi connectivity index (χ0v) is 25.4. The molecule has 35 heavy (non-hydrogen) atoms. The summed E-state index contributed by atoms with van der Waals surface area (Å²) in [4.78, 5) is 32.0. The van der Waals surface area contributed by atoms with Crippen LogP contribution in [0.5, 0.6) is 0 Å². The molecule has 0 spiro atoms. The molecule has 1 amide bonds. The van der Waals surface area contributed by atoms with E-state index in [0.717, 1.165) is 58.3 Å². The fourth-order valence-electron chi connectivity index (χ4n) is 4.62. The van der Waals surface area contributed by atoms with Crippen molar-refractivity contribution in [2.75, 3.05) is 24.5 Å². The van der Waals surface area contributed by atoms with E-state index >= 15 is 0 Å². The summed E-state index contributed by atoms with van der Waals surface area (Å²) in [6.45, 7) is 4.10. The first-order valence-corrected chi connectivity index (χ1v) is 12.6. The zero-order chi connectivity index (χ0) is 24.2. The molecule has 2 heterocycles. The first-order valence-electron chi connectivity index (χ1n) is 11.4. The van der Waals surface area contributed by atoms with Gasteiger partial charge in [-0.05, 0) is 56.0 Å². The molecule has 180 valence electrons. The molecule has 1 saturated heterocycles. The van der Waals surface area contributed by atoms with Gasteiger partial charge in [0.15, 0.2) is 0 Å². The minimum atomic E-state index is -0.876. The number of nitrogens with zero attached hydrogens (tertiary/aromatic N) is 2. The molecule has 0 saturated carbocycles. The summed E-state index contributed by atoms with van der Waals surface area (Å²) in [5.41, 5.74) is 3.06. The molecular weight excluding hydrogens is 557 g/mol. The molecular formula is C26H28BrClKN3O3. The van der Waals surface area contributed by atoms with Crippen LogP contribution in [0.25, 0.3) is 10.9 Å². The van der Waals surface area contributed by atoms with E-state index in [4.69, 9.17) is 16.6 Å². The fraction of sp³-hybridized carbons (Fsp3) is 0.346. The molecule has 0 bridgehead atoms. The van der Waals surface area contributed by atoms with Gasteiger partial charge in [0.25, 0.3) is 5.91 Å². The van der Waals surface area contributed by atoms with E-state index in [1.54, 1.807) is 6.07 Å². The topological polar surface area (TPSA) is 82.5 Å². The molecule has 1 aliphatic heterocycles. The van der Waals surface area contributed by atoms with Crippen LogP contribution in [-0.2, 0) is 4.79 Å². The first kappa shape index (κ1) is 28.6. The van der Waals surface area contributed by atoms with Gasteiger partial charge in [-0.1, -0.05) is 45.7 Å². The second-order valence-electron chi connectivity index (χ2n) is 8.65. The number of hydrogen-bond acceptors (Lipinski definition) is 4. The van der Waals surface area contributed by atoms with Gasteiger partial charge >= 0.3 is 57.4 Å². The van der Waals surface area contributed by atoms with Gasteiger partial charge in [0, 0.05) is 52.4 Å². The summed E-state index contributed by atoms with van der Waals surface area (Å²) >= 11 is 9.92. The van der Waals surface area contributed by atoms with Crippen LogP contribution in [-0.4, -0.2) is 41.6 Å². The Bertz CT molecular complexity index is 1240. The number of aromatic nitrogens is 1. The summed E-state index contributed by atoms with van der Waals surface area (Å²) in [6.07, 6.45) is 2.60. The standard InChI is InChI=1S/C26H27BrClN3O3.K.H/c1-16-24(20-14-18(27)9-10-22(20)30-25(16)31-12-4-5-13-31)26(34)29-15-17(8-11-23(32)33)19-6-2-3-7-21(19)28;;/h2-3,6-7,9-10,14,17H,4-5,8,11-13,15H2,1H3,(H,29,34)(H,32,33);;/q;+1;-1. The molecule has 1 aromatic heterocycles. The monoisotopic (exact) mass is 583 g/mol. The molecule has 0 radical (unpaired) electrons. The van der Waals surface area contributed by atoms with Crippen LogP contribution in [0.3, 0.4) is 0 Å². The summed E-state index contributed by atoms with van der Waals surface area (Å²) in [7, 11) is 0. The third kappa shape index (κ3) is 6.86. The van der Waals surface area contributed by atoms with Crippen LogP contribution < -0.4 is 61.6 Å². The summed E-state index contributed by atoms with van der Waals surface area (Å²) in [6, 6.07) is 13.2. The summed E-state index contributed by atoms with van der Waals surface area (Å²) < 4.78 is 0.875. The number of amides is 1. The first-order chi connectivity index (χ1) is 16.3. The second kappa shape index (κ2) is 13.0. The van der Waals surface area contributed by atoms with Gasteiger partial charge in [-0.25, -0.2) is 4.98 Å². The van der Waals surface area contributed by atoms with Gasteiger partial charge in [-0.2, -0.15) is 0 Å². The van der Waals surface area contributed by atoms with Crippen molar-refractivity contribution >= 4 is 56.1 Å². The molecule has 6 nitrogen and oxygen atoms in total. The largest absolute Gasteiger partial charge is 1.00 e. The minimum Gasteiger partial charge on any atom is -1.00 e. The number of anilines is 1. The predicted octanol–water partition coefficient (Wildman–Crippen LogP) is 3.05. The van der Waals surface area contributed by atoms with Crippen molar-refractivity contribution in [1.82, 2.24) is 10.3 Å². The third-order valence-electron chi connectivity index (χ3n) is 6.36. The molecule has 0 aliphatic carbocycles. The summed E-state index contributed by atoms with van der Waals surface area (Å²) in [5.74, 6) is -0.437. The third-order valence-corrected chi connectivity index (χ3v) is 7.20. The Morgan fingerprint density at radius 3 is 2.63 bits per heavy atom. The number of nitrogens with one attached hydrogen (secondary N) is 1. The zero-order valence-electron chi connectivity index (χ0n) is 21.0. The number of carboxylic acid groups (broad SMARTS) is 1. The smallest absolute Gasteiger partial charge is 1.00 e. The number of carbonyl (C=O) groups excluding carboxylic acids is 1. The van der Waals surface area contributed by atoms with Gasteiger partial charge < -0.3 is 16.7 Å². The normalized spacial score (nSPS) is 14.0. The van der Waals surface area contributed by atoms with E-state index in [-0.39, 0.29) is 77.6 Å². The maximum atomic E-state index is 13.6. The number of hydrogen-bond donors (Lipinski definition) is 2. The SMILES string of the molecule is Cc1c(N2CCCC2)nc2ccc(Br)cc2c1C(=O)NCC(CCC(=O)O)c1ccccc1Cl.[H-].[K+]. The average molecular weight is 585 g/mol. The van der Waals surface area contributed by atoms with E-state index < -0.39 is 5.97 Å². The number of carboxylic acids is 1. The van der Waals surface area contributed by atoms with E-state index in [9.17, 15) is 14.7 Å². The van der Waals surface area contributed by atoms with Crippen molar-refractivity contribution in [3.63, 3.8) is 0 Å². The Morgan fingerprint density at radius 1 is 1.23 bits per heavy atom. The van der Waals surface area contributed by atoms with Crippen molar-refractivity contribution < 1.29 is 67.5 Å². The Morgan fingerprint density at radius 2 is 1.94 bits per heavy atom. The molecule has 3 aromatic rings. The second-order valence-corrected chi connectivity index (χ2v) is 9.97. The number of halogens is 2. The van der Waals surface area contributed by atoms with Crippen LogP contribution in [0.15, 0.2) is 46.9 Å². The van der Waals surface area contributed by atoms with E-state index in [1.807, 2.05) is 43.3 Å². The molecule has 9 heteroatoms. The van der Waals surface area contributed by atoms with Gasteiger partial charge in [0.1, 0.15) is 5.82 Å². The van der Waals surface area contributed by atoms with Crippen molar-refractivity contribution in [3.05, 3.63) is 68.7 Å². The molecule has 2 aromatic carbocycles. The van der Waals surface area contributed by atoms with E-state index in [2.05, 4.69) is 26.1 Å². The molecule has 1 aliphatic rings. The Kier molecular flexibility index (Phi) is 10.6. The number of aliphatic carboxylic acids is 1. The average Bonchev–Trinajstić information content (AvgIpc) is 3.34.